The van der Waals surface area contributed by atoms with Crippen LogP contribution in [0.5, 0.6) is 5.75 Å². The molecule has 28 heavy (non-hydrogen) atoms. The first kappa shape index (κ1) is 19.5. The highest BCUT2D eigenvalue weighted by molar-refractivity contribution is 7.92. The summed E-state index contributed by atoms with van der Waals surface area (Å²) in [5, 5.41) is 5.83. The zero-order valence-corrected chi connectivity index (χ0v) is 15.9. The number of rotatable bonds is 4. The largest absolute Gasteiger partial charge is 0.496 e. The van der Waals surface area contributed by atoms with Crippen molar-refractivity contribution in [3.63, 3.8) is 0 Å². The van der Waals surface area contributed by atoms with Gasteiger partial charge in [-0.2, -0.15) is 0 Å². The fourth-order valence-electron chi connectivity index (χ4n) is 2.84. The summed E-state index contributed by atoms with van der Waals surface area (Å²) in [6, 6.07) is 8.16. The number of benzene rings is 1. The lowest BCUT2D eigenvalue weighted by Crippen LogP contribution is -2.26. The first-order chi connectivity index (χ1) is 13.2. The number of hydrogen-bond acceptors (Lipinski definition) is 6. The van der Waals surface area contributed by atoms with Crippen molar-refractivity contribution in [1.82, 2.24) is 4.98 Å². The standard InChI is InChI=1S/C19H17N3O5S/c1-12(23)22-16(18(24)15-4-3-8-21-19(15)22)10-13-5-6-14(17(11-13)27-2)7-9-28(20,25)26/h3-11H,1-2H3,(H2,20,25,26)/b9-7+,16-10-. The van der Waals surface area contributed by atoms with Crippen molar-refractivity contribution in [3.05, 3.63) is 64.3 Å². The normalized spacial score (nSPS) is 15.3. The molecule has 1 aromatic carbocycles. The van der Waals surface area contributed by atoms with Gasteiger partial charge in [0.15, 0.2) is 5.82 Å². The van der Waals surface area contributed by atoms with E-state index in [4.69, 9.17) is 9.88 Å². The van der Waals surface area contributed by atoms with Gasteiger partial charge in [-0.3, -0.25) is 14.5 Å². The van der Waals surface area contributed by atoms with Crippen LogP contribution in [0.2, 0.25) is 0 Å². The van der Waals surface area contributed by atoms with E-state index in [1.54, 1.807) is 36.4 Å². The highest BCUT2D eigenvalue weighted by Gasteiger charge is 2.35. The van der Waals surface area contributed by atoms with E-state index in [0.29, 0.717) is 28.3 Å². The van der Waals surface area contributed by atoms with Crippen LogP contribution < -0.4 is 14.8 Å². The molecule has 2 N–H and O–H groups in total. The molecule has 8 nitrogen and oxygen atoms in total. The van der Waals surface area contributed by atoms with Gasteiger partial charge in [-0.1, -0.05) is 12.1 Å². The van der Waals surface area contributed by atoms with Crippen LogP contribution in [0.4, 0.5) is 5.82 Å². The average molecular weight is 399 g/mol. The number of hydrogen-bond donors (Lipinski definition) is 1. The second kappa shape index (κ2) is 7.37. The predicted molar refractivity (Wildman–Crippen MR) is 105 cm³/mol. The van der Waals surface area contributed by atoms with Crippen molar-refractivity contribution < 1.29 is 22.7 Å². The van der Waals surface area contributed by atoms with Gasteiger partial charge >= 0.3 is 0 Å². The highest BCUT2D eigenvalue weighted by Crippen LogP contribution is 2.34. The predicted octanol–water partition coefficient (Wildman–Crippen LogP) is 1.94. The Balaban J connectivity index is 2.05. The lowest BCUT2D eigenvalue weighted by molar-refractivity contribution is -0.116. The first-order valence-electron chi connectivity index (χ1n) is 8.12. The number of primary sulfonamides is 1. The van der Waals surface area contributed by atoms with Crippen LogP contribution >= 0.6 is 0 Å². The summed E-state index contributed by atoms with van der Waals surface area (Å²) in [6.07, 6.45) is 4.38. The fraction of sp³-hybridized carbons (Fsp3) is 0.105. The van der Waals surface area contributed by atoms with E-state index >= 15 is 0 Å². The molecule has 0 spiro atoms. The molecule has 0 atom stereocenters. The van der Waals surface area contributed by atoms with Gasteiger partial charge in [0.2, 0.25) is 21.7 Å². The monoisotopic (exact) mass is 399 g/mol. The Kier molecular flexibility index (Phi) is 5.12. The zero-order chi connectivity index (χ0) is 20.5. The fourth-order valence-corrected chi connectivity index (χ4v) is 3.17. The molecule has 2 aromatic rings. The summed E-state index contributed by atoms with van der Waals surface area (Å²) in [6.45, 7) is 1.35. The third-order valence-electron chi connectivity index (χ3n) is 4.03. The van der Waals surface area contributed by atoms with E-state index in [9.17, 15) is 18.0 Å². The molecule has 0 saturated carbocycles. The Labute approximate surface area is 162 Å². The Morgan fingerprint density at radius 3 is 2.68 bits per heavy atom. The third kappa shape index (κ3) is 3.85. The van der Waals surface area contributed by atoms with Gasteiger partial charge < -0.3 is 4.74 Å². The summed E-state index contributed by atoms with van der Waals surface area (Å²) in [4.78, 5) is 30.2. The number of nitrogens with two attached hydrogens (primary N) is 1. The third-order valence-corrected chi connectivity index (χ3v) is 4.55. The molecule has 9 heteroatoms. The number of carbonyl (C=O) groups excluding carboxylic acids is 2. The number of allylic oxidation sites excluding steroid dienone is 1. The maximum Gasteiger partial charge on any atom is 0.231 e. The van der Waals surface area contributed by atoms with Crippen molar-refractivity contribution in [2.75, 3.05) is 12.0 Å². The summed E-state index contributed by atoms with van der Waals surface area (Å²) in [5.74, 6) is 0.0304. The van der Waals surface area contributed by atoms with Gasteiger partial charge in [0.05, 0.1) is 18.4 Å². The second-order valence-corrected chi connectivity index (χ2v) is 7.43. The van der Waals surface area contributed by atoms with Crippen LogP contribution in [0, 0.1) is 0 Å². The topological polar surface area (TPSA) is 120 Å². The average Bonchev–Trinajstić information content (AvgIpc) is 2.92. The second-order valence-electron chi connectivity index (χ2n) is 5.98. The molecule has 2 heterocycles. The summed E-state index contributed by atoms with van der Waals surface area (Å²) < 4.78 is 27.5. The minimum Gasteiger partial charge on any atom is -0.496 e. The minimum absolute atomic E-state index is 0.177. The number of anilines is 1. The first-order valence-corrected chi connectivity index (χ1v) is 9.73. The molecular weight excluding hydrogens is 382 g/mol. The van der Waals surface area contributed by atoms with E-state index in [1.807, 2.05) is 0 Å². The van der Waals surface area contributed by atoms with Gasteiger partial charge in [-0.05, 0) is 35.9 Å². The number of Topliss-reactive ketones (excluding diaryl/α,β-unsaturated/α-hetero) is 1. The van der Waals surface area contributed by atoms with E-state index in [1.165, 1.54) is 31.2 Å². The SMILES string of the molecule is COc1cc(/C=C2/C(=O)c3cccnc3N2C(C)=O)ccc1/C=C/S(N)(=O)=O. The maximum absolute atomic E-state index is 12.7. The van der Waals surface area contributed by atoms with Gasteiger partial charge in [-0.25, -0.2) is 18.5 Å². The molecule has 3 rings (SSSR count). The molecular formula is C19H17N3O5S. The Morgan fingerprint density at radius 2 is 2.04 bits per heavy atom. The van der Waals surface area contributed by atoms with Crippen LogP contribution in [-0.4, -0.2) is 32.2 Å². The molecule has 0 aliphatic carbocycles. The molecule has 0 radical (unpaired) electrons. The van der Waals surface area contributed by atoms with Gasteiger partial charge in [-0.15, -0.1) is 0 Å². The van der Waals surface area contributed by atoms with Crippen LogP contribution in [0.15, 0.2) is 47.6 Å². The van der Waals surface area contributed by atoms with Crippen molar-refractivity contribution in [2.24, 2.45) is 5.14 Å². The number of sulfonamides is 1. The lowest BCUT2D eigenvalue weighted by Gasteiger charge is -2.15. The smallest absolute Gasteiger partial charge is 0.231 e. The number of amides is 1. The molecule has 0 bridgehead atoms. The number of fused-ring (bicyclic) bond motifs is 1. The number of carbonyl (C=O) groups is 2. The molecule has 144 valence electrons. The number of nitrogens with zero attached hydrogens (tertiary/aromatic N) is 2. The number of pyridine rings is 1. The molecule has 0 fully saturated rings. The van der Waals surface area contributed by atoms with Crippen molar-refractivity contribution >= 4 is 39.7 Å². The number of ether oxygens (including phenoxy) is 1. The molecule has 0 unspecified atom stereocenters. The van der Waals surface area contributed by atoms with Crippen LogP contribution in [0.3, 0.4) is 0 Å². The van der Waals surface area contributed by atoms with E-state index in [-0.39, 0.29) is 17.4 Å². The maximum atomic E-state index is 12.7. The highest BCUT2D eigenvalue weighted by atomic mass is 32.2. The van der Waals surface area contributed by atoms with Gasteiger partial charge in [0.25, 0.3) is 0 Å². The number of ketones is 1. The summed E-state index contributed by atoms with van der Waals surface area (Å²) in [7, 11) is -2.34. The molecule has 1 aliphatic heterocycles. The molecule has 0 saturated heterocycles. The van der Waals surface area contributed by atoms with Crippen molar-refractivity contribution in [3.8, 4) is 5.75 Å². The Bertz CT molecular complexity index is 1140. The number of methoxy groups -OCH3 is 1. The molecule has 1 amide bonds. The van der Waals surface area contributed by atoms with Crippen molar-refractivity contribution in [1.29, 1.82) is 0 Å². The van der Waals surface area contributed by atoms with E-state index in [2.05, 4.69) is 4.98 Å². The van der Waals surface area contributed by atoms with Gasteiger partial charge in [0.1, 0.15) is 5.75 Å². The molecule has 1 aromatic heterocycles. The Morgan fingerprint density at radius 1 is 1.29 bits per heavy atom. The quantitative estimate of drug-likeness (QED) is 0.785. The summed E-state index contributed by atoms with van der Waals surface area (Å²) in [5.41, 5.74) is 1.61. The summed E-state index contributed by atoms with van der Waals surface area (Å²) >= 11 is 0. The number of aromatic nitrogens is 1. The lowest BCUT2D eigenvalue weighted by atomic mass is 10.1. The minimum atomic E-state index is -3.77. The van der Waals surface area contributed by atoms with Crippen LogP contribution in [0.1, 0.15) is 28.4 Å². The Hall–Kier alpha value is -3.30. The zero-order valence-electron chi connectivity index (χ0n) is 15.1. The van der Waals surface area contributed by atoms with E-state index in [0.717, 1.165) is 5.41 Å². The molecule has 1 aliphatic rings. The van der Waals surface area contributed by atoms with E-state index < -0.39 is 10.0 Å². The van der Waals surface area contributed by atoms with Crippen molar-refractivity contribution in [2.45, 2.75) is 6.92 Å². The van der Waals surface area contributed by atoms with Crippen LogP contribution in [0.25, 0.3) is 12.2 Å². The van der Waals surface area contributed by atoms with Crippen LogP contribution in [-0.2, 0) is 14.8 Å². The van der Waals surface area contributed by atoms with Gasteiger partial charge in [0, 0.05) is 24.1 Å².